The third-order valence-electron chi connectivity index (χ3n) is 4.44. The van der Waals surface area contributed by atoms with E-state index in [2.05, 4.69) is 11.8 Å². The molecule has 2 aliphatic rings. The average molecular weight is 265 g/mol. The van der Waals surface area contributed by atoms with E-state index in [0.717, 1.165) is 32.5 Å². The number of rotatable bonds is 1. The second-order valence-corrected chi connectivity index (χ2v) is 5.62. The van der Waals surface area contributed by atoms with Crippen molar-refractivity contribution in [2.24, 2.45) is 0 Å². The van der Waals surface area contributed by atoms with Gasteiger partial charge in [-0.1, -0.05) is 6.92 Å². The summed E-state index contributed by atoms with van der Waals surface area (Å²) < 4.78 is 19.4. The molecular formula is C15H20FNO2. The number of hydrogen-bond acceptors (Lipinski definition) is 3. The molecule has 0 saturated carbocycles. The third kappa shape index (κ3) is 2.35. The van der Waals surface area contributed by atoms with Crippen molar-refractivity contribution in [3.63, 3.8) is 0 Å². The van der Waals surface area contributed by atoms with Gasteiger partial charge >= 0.3 is 0 Å². The van der Waals surface area contributed by atoms with Crippen molar-refractivity contribution in [2.45, 2.75) is 37.9 Å². The van der Waals surface area contributed by atoms with Gasteiger partial charge in [0, 0.05) is 25.1 Å². The summed E-state index contributed by atoms with van der Waals surface area (Å²) >= 11 is 0. The SMILES string of the molecule is CCN1CCC2(CC1)CC(O)c1cc(F)ccc1O2. The standard InChI is InChI=1S/C15H20FNO2/c1-2-17-7-5-15(6-8-17)10-13(18)12-9-11(16)3-4-14(12)19-15/h3-4,9,13,18H,2,5-8,10H2,1H3. The van der Waals surface area contributed by atoms with E-state index in [-0.39, 0.29) is 11.4 Å². The van der Waals surface area contributed by atoms with Crippen LogP contribution in [0.4, 0.5) is 4.39 Å². The van der Waals surface area contributed by atoms with Crippen LogP contribution in [0, 0.1) is 5.82 Å². The molecule has 2 aliphatic heterocycles. The maximum absolute atomic E-state index is 13.2. The number of aliphatic hydroxyl groups excluding tert-OH is 1. The molecule has 3 nitrogen and oxygen atoms in total. The lowest BCUT2D eigenvalue weighted by atomic mass is 9.81. The molecule has 19 heavy (non-hydrogen) atoms. The number of benzene rings is 1. The number of hydrogen-bond donors (Lipinski definition) is 1. The maximum atomic E-state index is 13.2. The minimum Gasteiger partial charge on any atom is -0.487 e. The number of likely N-dealkylation sites (tertiary alicyclic amines) is 1. The fraction of sp³-hybridized carbons (Fsp3) is 0.600. The summed E-state index contributed by atoms with van der Waals surface area (Å²) in [5, 5.41) is 10.3. The molecule has 0 amide bonds. The van der Waals surface area contributed by atoms with Gasteiger partial charge in [0.1, 0.15) is 17.2 Å². The van der Waals surface area contributed by atoms with Crippen LogP contribution in [0.15, 0.2) is 18.2 Å². The van der Waals surface area contributed by atoms with Gasteiger partial charge in [0.2, 0.25) is 0 Å². The van der Waals surface area contributed by atoms with Gasteiger partial charge in [-0.15, -0.1) is 0 Å². The largest absolute Gasteiger partial charge is 0.487 e. The van der Waals surface area contributed by atoms with Crippen LogP contribution in [-0.2, 0) is 0 Å². The number of nitrogens with zero attached hydrogens (tertiary/aromatic N) is 1. The van der Waals surface area contributed by atoms with Crippen LogP contribution < -0.4 is 4.74 Å². The highest BCUT2D eigenvalue weighted by molar-refractivity contribution is 5.38. The van der Waals surface area contributed by atoms with Crippen molar-refractivity contribution in [2.75, 3.05) is 19.6 Å². The zero-order chi connectivity index (χ0) is 13.5. The summed E-state index contributed by atoms with van der Waals surface area (Å²) in [5.74, 6) is 0.322. The zero-order valence-electron chi connectivity index (χ0n) is 11.2. The van der Waals surface area contributed by atoms with Gasteiger partial charge in [-0.2, -0.15) is 0 Å². The highest BCUT2D eigenvalue weighted by atomic mass is 19.1. The molecule has 1 saturated heterocycles. The van der Waals surface area contributed by atoms with Crippen LogP contribution >= 0.6 is 0 Å². The highest BCUT2D eigenvalue weighted by Gasteiger charge is 2.42. The molecule has 3 rings (SSSR count). The summed E-state index contributed by atoms with van der Waals surface area (Å²) in [4.78, 5) is 2.39. The molecule has 104 valence electrons. The minimum atomic E-state index is -0.618. The molecule has 1 aromatic carbocycles. The van der Waals surface area contributed by atoms with Gasteiger partial charge in [0.25, 0.3) is 0 Å². The summed E-state index contributed by atoms with van der Waals surface area (Å²) in [7, 11) is 0. The normalized spacial score (nSPS) is 25.9. The minimum absolute atomic E-state index is 0.268. The lowest BCUT2D eigenvalue weighted by Crippen LogP contribution is -2.50. The Bertz CT molecular complexity index is 469. The predicted octanol–water partition coefficient (Wildman–Crippen LogP) is 2.50. The van der Waals surface area contributed by atoms with Crippen LogP contribution in [-0.4, -0.2) is 35.2 Å². The van der Waals surface area contributed by atoms with E-state index < -0.39 is 6.10 Å². The number of aliphatic hydroxyl groups is 1. The Hall–Kier alpha value is -1.13. The van der Waals surface area contributed by atoms with E-state index in [1.807, 2.05) is 0 Å². The smallest absolute Gasteiger partial charge is 0.126 e. The second kappa shape index (κ2) is 4.76. The first-order valence-electron chi connectivity index (χ1n) is 7.01. The Morgan fingerprint density at radius 1 is 1.42 bits per heavy atom. The van der Waals surface area contributed by atoms with Crippen molar-refractivity contribution in [3.05, 3.63) is 29.6 Å². The number of piperidine rings is 1. The van der Waals surface area contributed by atoms with E-state index >= 15 is 0 Å². The van der Waals surface area contributed by atoms with Crippen LogP contribution in [0.25, 0.3) is 0 Å². The Kier molecular flexibility index (Phi) is 3.23. The lowest BCUT2D eigenvalue weighted by Gasteiger charge is -2.45. The van der Waals surface area contributed by atoms with Gasteiger partial charge in [-0.3, -0.25) is 0 Å². The Balaban J connectivity index is 1.83. The molecule has 0 bridgehead atoms. The summed E-state index contributed by atoms with van der Waals surface area (Å²) in [6.45, 7) is 5.21. The molecule has 2 heterocycles. The number of ether oxygens (including phenoxy) is 1. The van der Waals surface area contributed by atoms with Crippen LogP contribution in [0.5, 0.6) is 5.75 Å². The third-order valence-corrected chi connectivity index (χ3v) is 4.44. The quantitative estimate of drug-likeness (QED) is 0.847. The summed E-state index contributed by atoms with van der Waals surface area (Å²) in [5.41, 5.74) is 0.319. The van der Waals surface area contributed by atoms with Crippen LogP contribution in [0.2, 0.25) is 0 Å². The fourth-order valence-electron chi connectivity index (χ4n) is 3.19. The maximum Gasteiger partial charge on any atom is 0.126 e. The molecule has 0 radical (unpaired) electrons. The van der Waals surface area contributed by atoms with Gasteiger partial charge in [-0.05, 0) is 37.6 Å². The van der Waals surface area contributed by atoms with E-state index in [1.165, 1.54) is 12.1 Å². The summed E-state index contributed by atoms with van der Waals surface area (Å²) in [6.07, 6.45) is 1.80. The average Bonchev–Trinajstić information content (AvgIpc) is 2.41. The molecule has 1 fully saturated rings. The molecule has 4 heteroatoms. The molecule has 1 aromatic rings. The van der Waals surface area contributed by atoms with Crippen molar-refractivity contribution < 1.29 is 14.2 Å². The van der Waals surface area contributed by atoms with Crippen LogP contribution in [0.1, 0.15) is 37.9 Å². The van der Waals surface area contributed by atoms with Gasteiger partial charge in [-0.25, -0.2) is 4.39 Å². The molecular weight excluding hydrogens is 245 g/mol. The molecule has 1 atom stereocenters. The monoisotopic (exact) mass is 265 g/mol. The first kappa shape index (κ1) is 12.9. The van der Waals surface area contributed by atoms with Crippen molar-refractivity contribution in [3.8, 4) is 5.75 Å². The Labute approximate surface area is 113 Å². The van der Waals surface area contributed by atoms with Crippen molar-refractivity contribution in [1.29, 1.82) is 0 Å². The van der Waals surface area contributed by atoms with Gasteiger partial charge < -0.3 is 14.7 Å². The fourth-order valence-corrected chi connectivity index (χ4v) is 3.19. The molecule has 0 aromatic heterocycles. The molecule has 0 aliphatic carbocycles. The number of halogens is 1. The van der Waals surface area contributed by atoms with Crippen LogP contribution in [0.3, 0.4) is 0 Å². The summed E-state index contributed by atoms with van der Waals surface area (Å²) in [6, 6.07) is 4.42. The highest BCUT2D eigenvalue weighted by Crippen LogP contribution is 2.44. The topological polar surface area (TPSA) is 32.7 Å². The zero-order valence-corrected chi connectivity index (χ0v) is 11.2. The Morgan fingerprint density at radius 3 is 2.84 bits per heavy atom. The van der Waals surface area contributed by atoms with E-state index in [0.29, 0.717) is 17.7 Å². The van der Waals surface area contributed by atoms with Crippen molar-refractivity contribution in [1.82, 2.24) is 4.90 Å². The van der Waals surface area contributed by atoms with E-state index in [1.54, 1.807) is 6.07 Å². The van der Waals surface area contributed by atoms with Gasteiger partial charge in [0.15, 0.2) is 0 Å². The molecule has 1 unspecified atom stereocenters. The number of fused-ring (bicyclic) bond motifs is 1. The van der Waals surface area contributed by atoms with E-state index in [4.69, 9.17) is 4.74 Å². The van der Waals surface area contributed by atoms with Crippen molar-refractivity contribution >= 4 is 0 Å². The first-order valence-corrected chi connectivity index (χ1v) is 7.01. The van der Waals surface area contributed by atoms with E-state index in [9.17, 15) is 9.50 Å². The lowest BCUT2D eigenvalue weighted by molar-refractivity contribution is -0.0532. The van der Waals surface area contributed by atoms with Gasteiger partial charge in [0.05, 0.1) is 6.10 Å². The Morgan fingerprint density at radius 2 is 2.16 bits per heavy atom. The molecule has 1 N–H and O–H groups in total. The predicted molar refractivity (Wildman–Crippen MR) is 70.7 cm³/mol. The molecule has 1 spiro atoms. The second-order valence-electron chi connectivity index (χ2n) is 5.62. The first-order chi connectivity index (χ1) is 9.12.